The number of aliphatic carboxylic acids is 1. The summed E-state index contributed by atoms with van der Waals surface area (Å²) in [4.78, 5) is 10.5. The predicted molar refractivity (Wildman–Crippen MR) is 53.0 cm³/mol. The molecule has 0 saturated heterocycles. The van der Waals surface area contributed by atoms with Crippen LogP contribution >= 0.6 is 0 Å². The molecule has 0 aromatic heterocycles. The van der Waals surface area contributed by atoms with Gasteiger partial charge in [-0.25, -0.2) is 0 Å². The lowest BCUT2D eigenvalue weighted by atomic mass is 9.79. The summed E-state index contributed by atoms with van der Waals surface area (Å²) in [5.41, 5.74) is -0.802. The average molecular weight is 233 g/mol. The number of hydrogen-bond donors (Lipinski definition) is 1. The molecule has 0 radical (unpaired) electrons. The van der Waals surface area contributed by atoms with E-state index >= 15 is 0 Å². The molecule has 0 aliphatic rings. The highest BCUT2D eigenvalue weighted by Gasteiger charge is 2.26. The van der Waals surface area contributed by atoms with Crippen molar-refractivity contribution < 1.29 is 27.6 Å². The first-order valence-corrected chi connectivity index (χ1v) is 4.43. The Hall–Kier alpha value is -1.66. The van der Waals surface area contributed by atoms with Gasteiger partial charge in [0, 0.05) is 5.56 Å². The number of carboxylic acid groups (broad SMARTS) is 1. The molecule has 0 aliphatic heterocycles. The Kier molecular flexibility index (Phi) is 3.46. The van der Waals surface area contributed by atoms with Crippen molar-refractivity contribution in [1.82, 2.24) is 0 Å². The number of methoxy groups -OCH3 is 1. The highest BCUT2D eigenvalue weighted by molar-refractivity contribution is 6.73. The van der Waals surface area contributed by atoms with Gasteiger partial charge in [0.2, 0.25) is 0 Å². The highest BCUT2D eigenvalue weighted by Crippen LogP contribution is 2.20. The maximum atomic E-state index is 12.4. The summed E-state index contributed by atoms with van der Waals surface area (Å²) in [6, 6.07) is 2.82. The molecule has 0 spiro atoms. The van der Waals surface area contributed by atoms with Crippen LogP contribution in [-0.4, -0.2) is 25.2 Å². The smallest absolute Gasteiger partial charge is 0.496 e. The van der Waals surface area contributed by atoms with E-state index in [1.165, 1.54) is 7.11 Å². The van der Waals surface area contributed by atoms with Crippen molar-refractivity contribution in [3.8, 4) is 5.75 Å². The van der Waals surface area contributed by atoms with E-state index in [-0.39, 0.29) is 11.3 Å². The van der Waals surface area contributed by atoms with E-state index in [2.05, 4.69) is 0 Å². The SMILES string of the molecule is COc1ccc([B-](F)(F)F)cc1CC(=O)O. The molecule has 3 nitrogen and oxygen atoms in total. The van der Waals surface area contributed by atoms with E-state index in [1.807, 2.05) is 0 Å². The molecule has 0 saturated carbocycles. The van der Waals surface area contributed by atoms with Crippen LogP contribution < -0.4 is 10.2 Å². The average Bonchev–Trinajstić information content (AvgIpc) is 2.15. The Balaban J connectivity index is 3.16. The third-order valence-electron chi connectivity index (χ3n) is 2.02. The molecule has 1 N–H and O–H groups in total. The maximum absolute atomic E-state index is 12.4. The lowest BCUT2D eigenvalue weighted by molar-refractivity contribution is -0.136. The summed E-state index contributed by atoms with van der Waals surface area (Å²) in [7, 11) is 1.28. The van der Waals surface area contributed by atoms with Crippen LogP contribution in [0.25, 0.3) is 0 Å². The minimum Gasteiger partial charge on any atom is -0.496 e. The zero-order chi connectivity index (χ0) is 12.3. The van der Waals surface area contributed by atoms with Crippen LogP contribution in [0.4, 0.5) is 12.9 Å². The number of halogens is 3. The van der Waals surface area contributed by atoms with Crippen LogP contribution in [-0.2, 0) is 11.2 Å². The number of carboxylic acids is 1. The van der Waals surface area contributed by atoms with Crippen LogP contribution in [0.3, 0.4) is 0 Å². The fourth-order valence-corrected chi connectivity index (χ4v) is 1.30. The summed E-state index contributed by atoms with van der Waals surface area (Å²) < 4.78 is 42.0. The summed E-state index contributed by atoms with van der Waals surface area (Å²) >= 11 is 0. The zero-order valence-corrected chi connectivity index (χ0v) is 8.41. The fourth-order valence-electron chi connectivity index (χ4n) is 1.30. The number of ether oxygens (including phenoxy) is 1. The molecule has 0 atom stereocenters. The Bertz CT molecular complexity index is 403. The molecule has 0 amide bonds. The predicted octanol–water partition coefficient (Wildman–Crippen LogP) is 1.38. The van der Waals surface area contributed by atoms with E-state index in [4.69, 9.17) is 9.84 Å². The lowest BCUT2D eigenvalue weighted by Gasteiger charge is -2.17. The quantitative estimate of drug-likeness (QED) is 0.799. The minimum atomic E-state index is -5.12. The van der Waals surface area contributed by atoms with Crippen LogP contribution in [0.2, 0.25) is 0 Å². The zero-order valence-electron chi connectivity index (χ0n) is 8.41. The third-order valence-corrected chi connectivity index (χ3v) is 2.02. The molecule has 0 fully saturated rings. The van der Waals surface area contributed by atoms with Gasteiger partial charge in [-0.05, 0) is 6.07 Å². The molecule has 7 heteroatoms. The van der Waals surface area contributed by atoms with Gasteiger partial charge in [0.15, 0.2) is 0 Å². The first-order valence-electron chi connectivity index (χ1n) is 4.43. The second kappa shape index (κ2) is 4.46. The molecule has 0 unspecified atom stereocenters. The van der Waals surface area contributed by atoms with Gasteiger partial charge < -0.3 is 22.8 Å². The summed E-state index contributed by atoms with van der Waals surface area (Å²) in [6.07, 6.45) is -0.497. The van der Waals surface area contributed by atoms with Gasteiger partial charge in [-0.2, -0.15) is 0 Å². The Morgan fingerprint density at radius 2 is 2.06 bits per heavy atom. The number of rotatable bonds is 4. The first-order chi connectivity index (χ1) is 7.34. The van der Waals surface area contributed by atoms with Crippen molar-refractivity contribution in [2.24, 2.45) is 0 Å². The van der Waals surface area contributed by atoms with Crippen molar-refractivity contribution in [1.29, 1.82) is 0 Å². The van der Waals surface area contributed by atoms with Crippen molar-refractivity contribution in [2.75, 3.05) is 7.11 Å². The van der Waals surface area contributed by atoms with Crippen LogP contribution in [0, 0.1) is 0 Å². The van der Waals surface area contributed by atoms with Gasteiger partial charge in [-0.15, -0.1) is 5.46 Å². The van der Waals surface area contributed by atoms with Crippen molar-refractivity contribution in [3.05, 3.63) is 23.8 Å². The lowest BCUT2D eigenvalue weighted by Crippen LogP contribution is -2.34. The van der Waals surface area contributed by atoms with Gasteiger partial charge >= 0.3 is 12.9 Å². The van der Waals surface area contributed by atoms with Crippen LogP contribution in [0.1, 0.15) is 5.56 Å². The van der Waals surface area contributed by atoms with Crippen LogP contribution in [0.5, 0.6) is 5.75 Å². The molecular formula is C9H9BF3O3-. The highest BCUT2D eigenvalue weighted by atomic mass is 19.4. The van der Waals surface area contributed by atoms with E-state index < -0.39 is 24.8 Å². The molecule has 0 bridgehead atoms. The van der Waals surface area contributed by atoms with Crippen molar-refractivity contribution in [3.63, 3.8) is 0 Å². The molecule has 16 heavy (non-hydrogen) atoms. The van der Waals surface area contributed by atoms with E-state index in [0.717, 1.165) is 18.2 Å². The summed E-state index contributed by atoms with van der Waals surface area (Å²) in [6.45, 7) is -5.12. The molecule has 88 valence electrons. The Morgan fingerprint density at radius 3 is 2.50 bits per heavy atom. The Morgan fingerprint density at radius 1 is 1.44 bits per heavy atom. The monoisotopic (exact) mass is 233 g/mol. The van der Waals surface area contributed by atoms with Crippen LogP contribution in [0.15, 0.2) is 18.2 Å². The van der Waals surface area contributed by atoms with Gasteiger partial charge in [-0.1, -0.05) is 12.1 Å². The molecule has 0 heterocycles. The van der Waals surface area contributed by atoms with Gasteiger partial charge in [0.05, 0.1) is 13.5 Å². The van der Waals surface area contributed by atoms with Gasteiger partial charge in [0.25, 0.3) is 0 Å². The second-order valence-electron chi connectivity index (χ2n) is 3.22. The molecule has 1 aromatic carbocycles. The molecular weight excluding hydrogens is 224 g/mol. The molecule has 1 aromatic rings. The van der Waals surface area contributed by atoms with E-state index in [0.29, 0.717) is 0 Å². The topological polar surface area (TPSA) is 46.5 Å². The fraction of sp³-hybridized carbons (Fsp3) is 0.222. The number of carbonyl (C=O) groups is 1. The number of benzene rings is 1. The van der Waals surface area contributed by atoms with Gasteiger partial charge in [-0.3, -0.25) is 4.79 Å². The van der Waals surface area contributed by atoms with E-state index in [1.54, 1.807) is 0 Å². The first kappa shape index (κ1) is 12.4. The standard InChI is InChI=1S/C9H9BF3O3/c1-16-8-3-2-7(10(11,12)13)4-6(8)5-9(14)15/h2-4H,5H2,1H3,(H,14,15)/q-1. The minimum absolute atomic E-state index is 0.0201. The second-order valence-corrected chi connectivity index (χ2v) is 3.22. The normalized spacial score (nSPS) is 11.2. The van der Waals surface area contributed by atoms with E-state index in [9.17, 15) is 17.7 Å². The van der Waals surface area contributed by atoms with Crippen molar-refractivity contribution >= 4 is 18.4 Å². The molecule has 1 rings (SSSR count). The Labute approximate surface area is 89.9 Å². The summed E-state index contributed by atoms with van der Waals surface area (Å²) in [5, 5.41) is 8.55. The maximum Gasteiger partial charge on any atom is 0.509 e. The third kappa shape index (κ3) is 2.92. The molecule has 0 aliphatic carbocycles. The summed E-state index contributed by atoms with van der Waals surface area (Å²) in [5.74, 6) is -1.06. The number of hydrogen-bond acceptors (Lipinski definition) is 2. The van der Waals surface area contributed by atoms with Crippen molar-refractivity contribution in [2.45, 2.75) is 6.42 Å². The largest absolute Gasteiger partial charge is 0.509 e. The van der Waals surface area contributed by atoms with Gasteiger partial charge in [0.1, 0.15) is 5.75 Å².